The van der Waals surface area contributed by atoms with Crippen molar-refractivity contribution in [3.8, 4) is 0 Å². The summed E-state index contributed by atoms with van der Waals surface area (Å²) in [5.74, 6) is 0. The molecule has 4 heteroatoms. The Kier molecular flexibility index (Phi) is 4.03. The second-order valence-electron chi connectivity index (χ2n) is 7.96. The normalized spacial score (nSPS) is 20.9. The SMILES string of the molecule is CC(C)(C)c1ccc(B2OC(C)(C)C(C)(C)O2)c(CN)c1. The zero-order valence-corrected chi connectivity index (χ0v) is 14.4. The molecule has 1 heterocycles. The Morgan fingerprint density at radius 3 is 2.00 bits per heavy atom. The molecule has 1 fully saturated rings. The molecule has 1 aromatic carbocycles. The van der Waals surface area contributed by atoms with E-state index in [0.717, 1.165) is 11.0 Å². The molecule has 0 spiro atoms. The Bertz CT molecular complexity index is 516. The summed E-state index contributed by atoms with van der Waals surface area (Å²) in [6.45, 7) is 15.4. The van der Waals surface area contributed by atoms with E-state index >= 15 is 0 Å². The van der Waals surface area contributed by atoms with E-state index in [2.05, 4.69) is 66.7 Å². The van der Waals surface area contributed by atoms with Crippen molar-refractivity contribution in [2.75, 3.05) is 0 Å². The van der Waals surface area contributed by atoms with Gasteiger partial charge in [-0.3, -0.25) is 0 Å². The molecule has 3 nitrogen and oxygen atoms in total. The van der Waals surface area contributed by atoms with E-state index in [1.807, 2.05) is 0 Å². The molecule has 0 unspecified atom stereocenters. The van der Waals surface area contributed by atoms with Crippen LogP contribution in [0.25, 0.3) is 0 Å². The predicted octanol–water partition coefficient (Wildman–Crippen LogP) is 2.74. The van der Waals surface area contributed by atoms with Crippen LogP contribution in [0.1, 0.15) is 59.6 Å². The van der Waals surface area contributed by atoms with Crippen LogP contribution in [0.4, 0.5) is 0 Å². The van der Waals surface area contributed by atoms with E-state index in [1.54, 1.807) is 0 Å². The first-order valence-corrected chi connectivity index (χ1v) is 7.67. The molecular formula is C17H28BNO2. The van der Waals surface area contributed by atoms with Crippen LogP contribution in [0.2, 0.25) is 0 Å². The summed E-state index contributed by atoms with van der Waals surface area (Å²) in [6.07, 6.45) is 0. The summed E-state index contributed by atoms with van der Waals surface area (Å²) in [5, 5.41) is 0. The lowest BCUT2D eigenvalue weighted by Gasteiger charge is -2.32. The summed E-state index contributed by atoms with van der Waals surface area (Å²) >= 11 is 0. The van der Waals surface area contributed by atoms with E-state index < -0.39 is 0 Å². The van der Waals surface area contributed by atoms with Crippen LogP contribution in [0, 0.1) is 0 Å². The molecule has 1 aliphatic rings. The molecule has 0 aromatic heterocycles. The minimum Gasteiger partial charge on any atom is -0.399 e. The molecule has 0 atom stereocenters. The standard InChI is InChI=1S/C17H28BNO2/c1-15(2,3)13-8-9-14(12(10-13)11-19)18-20-16(4,5)17(6,7)21-18/h8-10H,11,19H2,1-7H3. The molecule has 1 aromatic rings. The minimum atomic E-state index is -0.345. The summed E-state index contributed by atoms with van der Waals surface area (Å²) in [4.78, 5) is 0. The fourth-order valence-electron chi connectivity index (χ4n) is 2.45. The monoisotopic (exact) mass is 289 g/mol. The van der Waals surface area contributed by atoms with Crippen molar-refractivity contribution in [3.05, 3.63) is 29.3 Å². The first kappa shape index (κ1) is 16.5. The van der Waals surface area contributed by atoms with Gasteiger partial charge in [-0.2, -0.15) is 0 Å². The molecule has 0 saturated carbocycles. The van der Waals surface area contributed by atoms with Gasteiger partial charge in [0.15, 0.2) is 0 Å². The van der Waals surface area contributed by atoms with Crippen molar-refractivity contribution in [2.24, 2.45) is 5.73 Å². The van der Waals surface area contributed by atoms with Crippen molar-refractivity contribution in [1.29, 1.82) is 0 Å². The molecule has 0 bridgehead atoms. The van der Waals surface area contributed by atoms with Crippen LogP contribution in [0.5, 0.6) is 0 Å². The molecule has 116 valence electrons. The van der Waals surface area contributed by atoms with Crippen molar-refractivity contribution < 1.29 is 9.31 Å². The molecule has 1 aliphatic heterocycles. The van der Waals surface area contributed by atoms with Gasteiger partial charge >= 0.3 is 7.12 Å². The Balaban J connectivity index is 2.38. The Morgan fingerprint density at radius 2 is 1.57 bits per heavy atom. The van der Waals surface area contributed by atoms with Gasteiger partial charge in [0, 0.05) is 6.54 Å². The van der Waals surface area contributed by atoms with Crippen molar-refractivity contribution >= 4 is 12.6 Å². The highest BCUT2D eigenvalue weighted by atomic mass is 16.7. The highest BCUT2D eigenvalue weighted by Gasteiger charge is 2.52. The average molecular weight is 289 g/mol. The van der Waals surface area contributed by atoms with E-state index in [9.17, 15) is 0 Å². The van der Waals surface area contributed by atoms with E-state index in [1.165, 1.54) is 5.56 Å². The lowest BCUT2D eigenvalue weighted by atomic mass is 9.73. The van der Waals surface area contributed by atoms with Crippen LogP contribution in [0.15, 0.2) is 18.2 Å². The van der Waals surface area contributed by atoms with Gasteiger partial charge in [0.05, 0.1) is 11.2 Å². The average Bonchev–Trinajstić information content (AvgIpc) is 2.56. The van der Waals surface area contributed by atoms with Gasteiger partial charge in [-0.05, 0) is 49.7 Å². The Labute approximate surface area is 129 Å². The fraction of sp³-hybridized carbons (Fsp3) is 0.647. The smallest absolute Gasteiger partial charge is 0.399 e. The highest BCUT2D eigenvalue weighted by Crippen LogP contribution is 2.37. The van der Waals surface area contributed by atoms with Crippen LogP contribution in [-0.2, 0) is 21.3 Å². The van der Waals surface area contributed by atoms with Crippen molar-refractivity contribution in [1.82, 2.24) is 0 Å². The number of hydrogen-bond acceptors (Lipinski definition) is 3. The fourth-order valence-corrected chi connectivity index (χ4v) is 2.45. The van der Waals surface area contributed by atoms with E-state index in [4.69, 9.17) is 15.0 Å². The van der Waals surface area contributed by atoms with Crippen molar-refractivity contribution in [3.63, 3.8) is 0 Å². The molecule has 0 radical (unpaired) electrons. The third kappa shape index (κ3) is 3.03. The number of benzene rings is 1. The zero-order chi connectivity index (χ0) is 16.1. The molecule has 2 N–H and O–H groups in total. The van der Waals surface area contributed by atoms with Gasteiger partial charge in [0.25, 0.3) is 0 Å². The summed E-state index contributed by atoms with van der Waals surface area (Å²) < 4.78 is 12.3. The maximum absolute atomic E-state index is 6.14. The zero-order valence-electron chi connectivity index (χ0n) is 14.4. The largest absolute Gasteiger partial charge is 0.495 e. The van der Waals surface area contributed by atoms with E-state index in [0.29, 0.717) is 6.54 Å². The number of hydrogen-bond donors (Lipinski definition) is 1. The van der Waals surface area contributed by atoms with Gasteiger partial charge in [-0.25, -0.2) is 0 Å². The summed E-state index contributed by atoms with van der Waals surface area (Å²) in [7, 11) is -0.345. The molecular weight excluding hydrogens is 261 g/mol. The Morgan fingerprint density at radius 1 is 1.05 bits per heavy atom. The molecule has 0 amide bonds. The second-order valence-corrected chi connectivity index (χ2v) is 7.96. The van der Waals surface area contributed by atoms with Gasteiger partial charge in [0.1, 0.15) is 0 Å². The van der Waals surface area contributed by atoms with Crippen LogP contribution >= 0.6 is 0 Å². The van der Waals surface area contributed by atoms with Crippen LogP contribution in [-0.4, -0.2) is 18.3 Å². The van der Waals surface area contributed by atoms with Gasteiger partial charge in [-0.15, -0.1) is 0 Å². The van der Waals surface area contributed by atoms with Crippen LogP contribution < -0.4 is 11.2 Å². The molecule has 0 aliphatic carbocycles. The number of nitrogens with two attached hydrogens (primary N) is 1. The van der Waals surface area contributed by atoms with Crippen LogP contribution in [0.3, 0.4) is 0 Å². The third-order valence-electron chi connectivity index (χ3n) is 4.74. The molecule has 21 heavy (non-hydrogen) atoms. The molecule has 1 saturated heterocycles. The molecule has 2 rings (SSSR count). The minimum absolute atomic E-state index is 0.110. The maximum atomic E-state index is 6.14. The van der Waals surface area contributed by atoms with Gasteiger partial charge in [0.2, 0.25) is 0 Å². The predicted molar refractivity (Wildman–Crippen MR) is 88.7 cm³/mol. The maximum Gasteiger partial charge on any atom is 0.495 e. The topological polar surface area (TPSA) is 44.5 Å². The van der Waals surface area contributed by atoms with E-state index in [-0.39, 0.29) is 23.7 Å². The summed E-state index contributed by atoms with van der Waals surface area (Å²) in [5.41, 5.74) is 8.83. The summed E-state index contributed by atoms with van der Waals surface area (Å²) in [6, 6.07) is 6.44. The third-order valence-corrected chi connectivity index (χ3v) is 4.74. The first-order chi connectivity index (χ1) is 9.48. The van der Waals surface area contributed by atoms with Crippen molar-refractivity contribution in [2.45, 2.75) is 71.6 Å². The first-order valence-electron chi connectivity index (χ1n) is 7.67. The Hall–Kier alpha value is -0.835. The quantitative estimate of drug-likeness (QED) is 0.851. The van der Waals surface area contributed by atoms with Gasteiger partial charge in [-0.1, -0.05) is 39.0 Å². The number of rotatable bonds is 2. The highest BCUT2D eigenvalue weighted by molar-refractivity contribution is 6.62. The lowest BCUT2D eigenvalue weighted by Crippen LogP contribution is -2.41. The second kappa shape index (κ2) is 5.11. The lowest BCUT2D eigenvalue weighted by molar-refractivity contribution is 0.00578. The van der Waals surface area contributed by atoms with Gasteiger partial charge < -0.3 is 15.0 Å².